The van der Waals surface area contributed by atoms with Crippen LogP contribution in [0, 0.1) is 5.92 Å². The van der Waals surface area contributed by atoms with Gasteiger partial charge in [0.2, 0.25) is 0 Å². The third-order valence-corrected chi connectivity index (χ3v) is 6.93. The van der Waals surface area contributed by atoms with Crippen molar-refractivity contribution in [1.29, 1.82) is 0 Å². The van der Waals surface area contributed by atoms with Crippen molar-refractivity contribution in [2.45, 2.75) is 63.5 Å². The summed E-state index contributed by atoms with van der Waals surface area (Å²) in [5.41, 5.74) is 1.17. The Morgan fingerprint density at radius 1 is 1.03 bits per heavy atom. The third-order valence-electron chi connectivity index (χ3n) is 6.93. The van der Waals surface area contributed by atoms with Crippen LogP contribution in [0.1, 0.15) is 51.5 Å². The molecule has 3 aliphatic rings. The maximum absolute atomic E-state index is 12.9. The van der Waals surface area contributed by atoms with E-state index in [9.17, 15) is 24.0 Å². The third kappa shape index (κ3) is 4.29. The molecule has 1 aliphatic carbocycles. The lowest BCUT2D eigenvalue weighted by atomic mass is 9.77. The Kier molecular flexibility index (Phi) is 5.85. The van der Waals surface area contributed by atoms with Gasteiger partial charge in [-0.05, 0) is 56.9 Å². The van der Waals surface area contributed by atoms with E-state index < -0.39 is 47.4 Å². The highest BCUT2D eigenvalue weighted by atomic mass is 16.2. The molecule has 33 heavy (non-hydrogen) atoms. The molecule has 2 aliphatic heterocycles. The zero-order valence-electron chi connectivity index (χ0n) is 18.8. The first-order chi connectivity index (χ1) is 15.6. The number of rotatable bonds is 6. The van der Waals surface area contributed by atoms with Gasteiger partial charge in [-0.25, -0.2) is 9.59 Å². The van der Waals surface area contributed by atoms with Crippen LogP contribution in [0.5, 0.6) is 0 Å². The average Bonchev–Trinajstić information content (AvgIpc) is 3.14. The summed E-state index contributed by atoms with van der Waals surface area (Å²) in [7, 11) is 0. The van der Waals surface area contributed by atoms with E-state index in [-0.39, 0.29) is 0 Å². The van der Waals surface area contributed by atoms with E-state index in [0.717, 1.165) is 23.3 Å². The molecule has 2 saturated heterocycles. The molecule has 3 fully saturated rings. The van der Waals surface area contributed by atoms with Crippen molar-refractivity contribution in [2.75, 3.05) is 6.54 Å². The molecule has 1 saturated carbocycles. The van der Waals surface area contributed by atoms with E-state index in [1.807, 2.05) is 30.3 Å². The Balaban J connectivity index is 1.36. The van der Waals surface area contributed by atoms with E-state index in [2.05, 4.69) is 23.0 Å². The fourth-order valence-electron chi connectivity index (χ4n) is 4.72. The number of nitrogens with one attached hydrogen (secondary N) is 3. The summed E-state index contributed by atoms with van der Waals surface area (Å²) in [6.45, 7) is 3.13. The number of hydrazine groups is 1. The summed E-state index contributed by atoms with van der Waals surface area (Å²) in [6.07, 6.45) is 3.58. The van der Waals surface area contributed by atoms with Crippen LogP contribution in [0.2, 0.25) is 0 Å². The van der Waals surface area contributed by atoms with Gasteiger partial charge in [-0.1, -0.05) is 37.3 Å². The Bertz CT molecular complexity index is 988. The molecule has 176 valence electrons. The SMILES string of the molecule is CC1CCC2(CC1)NC(=O)N(NC(=O)CN1C(=O)NC(C)(CCc3ccccc3)C1=O)C2=O. The number of carbonyl (C=O) groups is 5. The number of hydrogen-bond donors (Lipinski definition) is 3. The summed E-state index contributed by atoms with van der Waals surface area (Å²) >= 11 is 0. The van der Waals surface area contributed by atoms with Gasteiger partial charge in [0.05, 0.1) is 0 Å². The van der Waals surface area contributed by atoms with E-state index in [0.29, 0.717) is 36.6 Å². The number of carbonyl (C=O) groups excluding carboxylic acids is 5. The van der Waals surface area contributed by atoms with Gasteiger partial charge in [-0.2, -0.15) is 5.01 Å². The minimum Gasteiger partial charge on any atom is -0.323 e. The van der Waals surface area contributed by atoms with E-state index in [1.165, 1.54) is 0 Å². The standard InChI is InChI=1S/C23H29N5O5/c1-15-8-12-23(13-9-15)19(31)28(21(33)25-23)26-17(29)14-27-18(30)22(2,24-20(27)32)11-10-16-6-4-3-5-7-16/h3-7,15H,8-14H2,1-2H3,(H,24,32)(H,25,33)(H,26,29). The summed E-state index contributed by atoms with van der Waals surface area (Å²) in [4.78, 5) is 64.1. The monoisotopic (exact) mass is 455 g/mol. The summed E-state index contributed by atoms with van der Waals surface area (Å²) in [5.74, 6) is -1.35. The second kappa shape index (κ2) is 8.49. The molecule has 0 radical (unpaired) electrons. The van der Waals surface area contributed by atoms with Crippen molar-refractivity contribution in [3.8, 4) is 0 Å². The van der Waals surface area contributed by atoms with Crippen LogP contribution >= 0.6 is 0 Å². The predicted molar refractivity (Wildman–Crippen MR) is 117 cm³/mol. The fourth-order valence-corrected chi connectivity index (χ4v) is 4.72. The number of urea groups is 2. The molecule has 7 amide bonds. The lowest BCUT2D eigenvalue weighted by Crippen LogP contribution is -2.53. The first kappa shape index (κ1) is 22.8. The van der Waals surface area contributed by atoms with Gasteiger partial charge in [0.1, 0.15) is 17.6 Å². The molecule has 0 aromatic heterocycles. The lowest BCUT2D eigenvalue weighted by molar-refractivity contribution is -0.141. The van der Waals surface area contributed by atoms with Gasteiger partial charge >= 0.3 is 12.1 Å². The maximum Gasteiger partial charge on any atom is 0.344 e. The van der Waals surface area contributed by atoms with Crippen LogP contribution < -0.4 is 16.1 Å². The van der Waals surface area contributed by atoms with Crippen molar-refractivity contribution in [3.63, 3.8) is 0 Å². The first-order valence-corrected chi connectivity index (χ1v) is 11.3. The number of aryl methyl sites for hydroxylation is 1. The minimum atomic E-state index is -1.14. The highest BCUT2D eigenvalue weighted by Crippen LogP contribution is 2.35. The van der Waals surface area contributed by atoms with E-state index in [4.69, 9.17) is 0 Å². The zero-order chi connectivity index (χ0) is 23.8. The predicted octanol–water partition coefficient (Wildman–Crippen LogP) is 1.46. The molecule has 1 atom stereocenters. The Labute approximate surface area is 192 Å². The van der Waals surface area contributed by atoms with Crippen molar-refractivity contribution in [2.24, 2.45) is 5.92 Å². The number of amides is 7. The van der Waals surface area contributed by atoms with Crippen LogP contribution in [0.3, 0.4) is 0 Å². The quantitative estimate of drug-likeness (QED) is 0.560. The van der Waals surface area contributed by atoms with Gasteiger partial charge in [0.25, 0.3) is 17.7 Å². The molecular formula is C23H29N5O5. The van der Waals surface area contributed by atoms with Crippen LogP contribution in [-0.2, 0) is 20.8 Å². The Morgan fingerprint density at radius 3 is 2.36 bits per heavy atom. The van der Waals surface area contributed by atoms with Gasteiger partial charge < -0.3 is 10.6 Å². The van der Waals surface area contributed by atoms with E-state index >= 15 is 0 Å². The highest BCUT2D eigenvalue weighted by molar-refractivity contribution is 6.10. The van der Waals surface area contributed by atoms with Crippen LogP contribution in [0.15, 0.2) is 30.3 Å². The molecule has 0 bridgehead atoms. The van der Waals surface area contributed by atoms with Gasteiger partial charge in [-0.15, -0.1) is 0 Å². The zero-order valence-corrected chi connectivity index (χ0v) is 18.8. The summed E-state index contributed by atoms with van der Waals surface area (Å²) in [5, 5.41) is 6.05. The second-order valence-corrected chi connectivity index (χ2v) is 9.51. The summed E-state index contributed by atoms with van der Waals surface area (Å²) < 4.78 is 0. The molecule has 4 rings (SSSR count). The molecular weight excluding hydrogens is 426 g/mol. The number of hydrogen-bond acceptors (Lipinski definition) is 5. The van der Waals surface area contributed by atoms with E-state index in [1.54, 1.807) is 6.92 Å². The molecule has 10 nitrogen and oxygen atoms in total. The van der Waals surface area contributed by atoms with Crippen molar-refractivity contribution < 1.29 is 24.0 Å². The smallest absolute Gasteiger partial charge is 0.323 e. The number of nitrogens with zero attached hydrogens (tertiary/aromatic N) is 2. The molecule has 2 heterocycles. The lowest BCUT2D eigenvalue weighted by Gasteiger charge is -2.33. The van der Waals surface area contributed by atoms with Gasteiger partial charge in [0.15, 0.2) is 0 Å². The van der Waals surface area contributed by atoms with Crippen molar-refractivity contribution in [3.05, 3.63) is 35.9 Å². The van der Waals surface area contributed by atoms with Gasteiger partial charge in [0, 0.05) is 0 Å². The molecule has 10 heteroatoms. The van der Waals surface area contributed by atoms with Crippen LogP contribution in [0.4, 0.5) is 9.59 Å². The second-order valence-electron chi connectivity index (χ2n) is 9.51. The molecule has 3 N–H and O–H groups in total. The first-order valence-electron chi connectivity index (χ1n) is 11.3. The van der Waals surface area contributed by atoms with Crippen LogP contribution in [-0.4, -0.2) is 57.3 Å². The molecule has 1 aromatic carbocycles. The number of benzene rings is 1. The summed E-state index contributed by atoms with van der Waals surface area (Å²) in [6, 6.07) is 8.19. The van der Waals surface area contributed by atoms with Crippen molar-refractivity contribution in [1.82, 2.24) is 26.0 Å². The molecule has 1 aromatic rings. The average molecular weight is 456 g/mol. The van der Waals surface area contributed by atoms with Crippen molar-refractivity contribution >= 4 is 29.8 Å². The minimum absolute atomic E-state index is 0.369. The largest absolute Gasteiger partial charge is 0.344 e. The molecule has 1 unspecified atom stereocenters. The normalized spacial score (nSPS) is 29.5. The number of imide groups is 2. The Hall–Kier alpha value is -3.43. The van der Waals surface area contributed by atoms with Crippen LogP contribution in [0.25, 0.3) is 0 Å². The fraction of sp³-hybridized carbons (Fsp3) is 0.522. The topological polar surface area (TPSA) is 128 Å². The van der Waals surface area contributed by atoms with Gasteiger partial charge in [-0.3, -0.25) is 24.7 Å². The Morgan fingerprint density at radius 2 is 1.70 bits per heavy atom. The highest BCUT2D eigenvalue weighted by Gasteiger charge is 2.53. The molecule has 1 spiro atoms. The maximum atomic E-state index is 12.9.